The van der Waals surface area contributed by atoms with E-state index in [1.165, 1.54) is 19.2 Å². The number of ether oxygens (including phenoxy) is 2. The maximum absolute atomic E-state index is 12.4. The predicted molar refractivity (Wildman–Crippen MR) is 95.8 cm³/mol. The summed E-state index contributed by atoms with van der Waals surface area (Å²) in [4.78, 5) is 12.4. The van der Waals surface area contributed by atoms with E-state index < -0.39 is 24.6 Å². The molecule has 0 aliphatic heterocycles. The van der Waals surface area contributed by atoms with Crippen LogP contribution in [-0.2, 0) is 18.6 Å². The molecule has 0 fully saturated rings. The summed E-state index contributed by atoms with van der Waals surface area (Å²) in [5.74, 6) is -0.718. The number of halogens is 1. The van der Waals surface area contributed by atoms with Crippen LogP contribution in [0, 0.1) is 5.92 Å². The van der Waals surface area contributed by atoms with Gasteiger partial charge in [-0.15, -0.1) is 0 Å². The molecule has 25 heavy (non-hydrogen) atoms. The number of methoxy groups -OCH3 is 1. The largest absolute Gasteiger partial charge is 0.532 e. The predicted octanol–water partition coefficient (Wildman–Crippen LogP) is 4.09. The lowest BCUT2D eigenvalue weighted by Gasteiger charge is -2.31. The van der Waals surface area contributed by atoms with Crippen molar-refractivity contribution in [1.82, 2.24) is 0 Å². The molecule has 142 valence electrons. The average Bonchev–Trinajstić information content (AvgIpc) is 2.54. The lowest BCUT2D eigenvalue weighted by Crippen LogP contribution is -2.55. The second kappa shape index (κ2) is 9.43. The summed E-state index contributed by atoms with van der Waals surface area (Å²) < 4.78 is 32.7. The third kappa shape index (κ3) is 6.51. The maximum atomic E-state index is 12.4. The lowest BCUT2D eigenvalue weighted by molar-refractivity contribution is -0.169. The van der Waals surface area contributed by atoms with Crippen LogP contribution in [0.1, 0.15) is 33.6 Å². The molecule has 0 saturated carbocycles. The second-order valence-electron chi connectivity index (χ2n) is 5.73. The number of hydrogen-bond acceptors (Lipinski definition) is 7. The molecule has 0 spiro atoms. The Morgan fingerprint density at radius 2 is 1.84 bits per heavy atom. The molecule has 2 N–H and O–H groups in total. The normalized spacial score (nSPS) is 16.0. The maximum Gasteiger partial charge on any atom is 0.532 e. The van der Waals surface area contributed by atoms with E-state index in [4.69, 9.17) is 35.5 Å². The molecule has 0 bridgehead atoms. The van der Waals surface area contributed by atoms with Gasteiger partial charge in [0.25, 0.3) is 0 Å². The van der Waals surface area contributed by atoms with Crippen molar-refractivity contribution in [1.29, 1.82) is 0 Å². The zero-order valence-corrected chi connectivity index (χ0v) is 16.5. The van der Waals surface area contributed by atoms with Gasteiger partial charge in [-0.3, -0.25) is 5.73 Å². The van der Waals surface area contributed by atoms with Crippen molar-refractivity contribution in [3.8, 4) is 11.5 Å². The molecule has 0 saturated heterocycles. The van der Waals surface area contributed by atoms with Crippen LogP contribution in [0.25, 0.3) is 0 Å². The Kier molecular flexibility index (Phi) is 8.22. The highest BCUT2D eigenvalue weighted by Crippen LogP contribution is 2.54. The minimum atomic E-state index is -4.25. The number of nitrogens with two attached hydrogens (primary N) is 1. The number of benzene rings is 1. The molecule has 9 heteroatoms. The Morgan fingerprint density at radius 3 is 2.32 bits per heavy atom. The molecular formula is C16H25ClNO6P. The topological polar surface area (TPSA) is 97.1 Å². The van der Waals surface area contributed by atoms with Gasteiger partial charge in [0.1, 0.15) is 11.5 Å². The van der Waals surface area contributed by atoms with Gasteiger partial charge in [0.05, 0.1) is 7.11 Å². The van der Waals surface area contributed by atoms with Gasteiger partial charge in [-0.1, -0.05) is 27.2 Å². The van der Waals surface area contributed by atoms with Crippen molar-refractivity contribution >= 4 is 24.2 Å². The van der Waals surface area contributed by atoms with Crippen molar-refractivity contribution in [2.45, 2.75) is 39.3 Å². The van der Waals surface area contributed by atoms with E-state index in [1.54, 1.807) is 26.0 Å². The lowest BCUT2D eigenvalue weighted by atomic mass is 10.0. The quantitative estimate of drug-likeness (QED) is 0.363. The fourth-order valence-corrected chi connectivity index (χ4v) is 2.98. The van der Waals surface area contributed by atoms with Crippen LogP contribution in [0.3, 0.4) is 0 Å². The third-order valence-corrected chi connectivity index (χ3v) is 4.71. The summed E-state index contributed by atoms with van der Waals surface area (Å²) in [7, 11) is 1.51. The van der Waals surface area contributed by atoms with Crippen LogP contribution in [0.4, 0.5) is 0 Å². The Hall–Kier alpha value is -1.27. The number of rotatable bonds is 10. The Labute approximate surface area is 153 Å². The third-order valence-electron chi connectivity index (χ3n) is 3.48. The molecule has 1 aromatic rings. The highest BCUT2D eigenvalue weighted by atomic mass is 35.7. The van der Waals surface area contributed by atoms with Crippen molar-refractivity contribution in [2.75, 3.05) is 13.7 Å². The SMILES string of the molecule is CCCCO[C@@](N)(C(=O)OP(=O)(Cl)Oc1ccc(OC)cc1)C(C)C. The van der Waals surface area contributed by atoms with E-state index >= 15 is 0 Å². The van der Waals surface area contributed by atoms with Crippen LogP contribution in [0.2, 0.25) is 0 Å². The number of unbranched alkanes of at least 4 members (excludes halogenated alkanes) is 1. The molecule has 1 rings (SSSR count). The van der Waals surface area contributed by atoms with Gasteiger partial charge in [-0.2, -0.15) is 0 Å². The van der Waals surface area contributed by atoms with E-state index in [9.17, 15) is 9.36 Å². The summed E-state index contributed by atoms with van der Waals surface area (Å²) in [6.45, 7) is 1.38. The van der Waals surface area contributed by atoms with E-state index in [-0.39, 0.29) is 12.4 Å². The minimum absolute atomic E-state index is 0.158. The van der Waals surface area contributed by atoms with Crippen LogP contribution in [-0.4, -0.2) is 25.4 Å². The van der Waals surface area contributed by atoms with Crippen molar-refractivity contribution in [2.24, 2.45) is 11.7 Å². The van der Waals surface area contributed by atoms with Gasteiger partial charge in [0.15, 0.2) is 0 Å². The number of carbonyl (C=O) groups is 1. The standard InChI is InChI=1S/C16H25ClNO6P/c1-5-6-11-22-16(18,12(2)3)15(19)24-25(17,20)23-14-9-7-13(21-4)8-10-14/h7-10,12H,5-6,11,18H2,1-4H3/t16-,25?/m1/s1. The number of hydrogen-bond donors (Lipinski definition) is 1. The van der Waals surface area contributed by atoms with Gasteiger partial charge in [-0.05, 0) is 30.7 Å². The fraction of sp³-hybridized carbons (Fsp3) is 0.562. The van der Waals surface area contributed by atoms with Crippen molar-refractivity contribution in [3.05, 3.63) is 24.3 Å². The van der Waals surface area contributed by atoms with E-state index in [1.807, 2.05) is 6.92 Å². The fourth-order valence-electron chi connectivity index (χ4n) is 1.80. The molecule has 0 aliphatic rings. The first-order chi connectivity index (χ1) is 11.6. The molecule has 1 unspecified atom stereocenters. The van der Waals surface area contributed by atoms with Crippen molar-refractivity contribution in [3.63, 3.8) is 0 Å². The smallest absolute Gasteiger partial charge is 0.497 e. The Morgan fingerprint density at radius 1 is 1.28 bits per heavy atom. The molecule has 0 radical (unpaired) electrons. The van der Waals surface area contributed by atoms with Gasteiger partial charge >= 0.3 is 12.9 Å². The highest BCUT2D eigenvalue weighted by Gasteiger charge is 2.44. The average molecular weight is 394 g/mol. The van der Waals surface area contributed by atoms with Crippen LogP contribution in [0.5, 0.6) is 11.5 Å². The first kappa shape index (κ1) is 21.8. The van der Waals surface area contributed by atoms with Gasteiger partial charge in [-0.25, -0.2) is 9.36 Å². The van der Waals surface area contributed by atoms with Crippen molar-refractivity contribution < 1.29 is 27.9 Å². The zero-order valence-electron chi connectivity index (χ0n) is 14.9. The summed E-state index contributed by atoms with van der Waals surface area (Å²) in [5.41, 5.74) is 4.25. The molecule has 0 heterocycles. The second-order valence-corrected chi connectivity index (χ2v) is 8.19. The molecular weight excluding hydrogens is 369 g/mol. The summed E-state index contributed by atoms with van der Waals surface area (Å²) in [5, 5.41) is 0. The number of carbonyl (C=O) groups excluding carboxylic acids is 1. The molecule has 0 aliphatic carbocycles. The van der Waals surface area contributed by atoms with E-state index in [0.717, 1.165) is 12.8 Å². The van der Waals surface area contributed by atoms with Gasteiger partial charge < -0.3 is 18.5 Å². The zero-order chi connectivity index (χ0) is 19.1. The highest BCUT2D eigenvalue weighted by molar-refractivity contribution is 7.82. The molecule has 2 atom stereocenters. The van der Waals surface area contributed by atoms with E-state index in [0.29, 0.717) is 5.75 Å². The van der Waals surface area contributed by atoms with Crippen LogP contribution >= 0.6 is 18.2 Å². The molecule has 0 amide bonds. The molecule has 7 nitrogen and oxygen atoms in total. The Balaban J connectivity index is 2.80. The summed E-state index contributed by atoms with van der Waals surface area (Å²) in [6.07, 6.45) is 1.59. The van der Waals surface area contributed by atoms with Crippen LogP contribution in [0.15, 0.2) is 24.3 Å². The first-order valence-electron chi connectivity index (χ1n) is 7.94. The van der Waals surface area contributed by atoms with Crippen LogP contribution < -0.4 is 15.0 Å². The van der Waals surface area contributed by atoms with Gasteiger partial charge in [0.2, 0.25) is 5.72 Å². The summed E-state index contributed by atoms with van der Waals surface area (Å²) >= 11 is 5.76. The first-order valence-corrected chi connectivity index (χ1v) is 10.4. The van der Waals surface area contributed by atoms with E-state index in [2.05, 4.69) is 0 Å². The van der Waals surface area contributed by atoms with Gasteiger partial charge in [0, 0.05) is 23.8 Å². The Bertz CT molecular complexity index is 609. The monoisotopic (exact) mass is 393 g/mol. The minimum Gasteiger partial charge on any atom is -0.497 e. The summed E-state index contributed by atoms with van der Waals surface area (Å²) in [6, 6.07) is 6.14. The molecule has 1 aromatic carbocycles. The molecule has 0 aromatic heterocycles.